The van der Waals surface area contributed by atoms with Crippen LogP contribution < -0.4 is 5.32 Å². The normalized spacial score (nSPS) is 27.4. The Bertz CT molecular complexity index is 213. The Kier molecular flexibility index (Phi) is 5.90. The molecule has 1 heterocycles. The second-order valence-corrected chi connectivity index (χ2v) is 6.03. The van der Waals surface area contributed by atoms with Gasteiger partial charge in [-0.05, 0) is 33.6 Å². The summed E-state index contributed by atoms with van der Waals surface area (Å²) in [6.45, 7) is 15.1. The van der Waals surface area contributed by atoms with Gasteiger partial charge >= 0.3 is 0 Å². The molecule has 0 spiro atoms. The van der Waals surface area contributed by atoms with Gasteiger partial charge in [-0.15, -0.1) is 0 Å². The van der Waals surface area contributed by atoms with Crippen LogP contribution in [0.4, 0.5) is 0 Å². The third-order valence-corrected chi connectivity index (χ3v) is 3.49. The van der Waals surface area contributed by atoms with Crippen molar-refractivity contribution in [2.75, 3.05) is 26.2 Å². The number of ether oxygens (including phenoxy) is 1. The smallest absolute Gasteiger partial charge is 0.0600 e. The first kappa shape index (κ1) is 14.9. The van der Waals surface area contributed by atoms with Gasteiger partial charge in [0.15, 0.2) is 0 Å². The van der Waals surface area contributed by atoms with Gasteiger partial charge in [-0.25, -0.2) is 0 Å². The van der Waals surface area contributed by atoms with Crippen molar-refractivity contribution in [2.24, 2.45) is 0 Å². The second kappa shape index (κ2) is 6.72. The maximum atomic E-state index is 5.83. The van der Waals surface area contributed by atoms with Gasteiger partial charge in [0, 0.05) is 31.7 Å². The molecule has 3 nitrogen and oxygen atoms in total. The third kappa shape index (κ3) is 5.36. The zero-order valence-electron chi connectivity index (χ0n) is 12.3. The van der Waals surface area contributed by atoms with Crippen LogP contribution in [0.5, 0.6) is 0 Å². The molecule has 102 valence electrons. The van der Waals surface area contributed by atoms with Gasteiger partial charge in [-0.1, -0.05) is 13.8 Å². The van der Waals surface area contributed by atoms with E-state index in [-0.39, 0.29) is 5.60 Å². The van der Waals surface area contributed by atoms with Crippen LogP contribution in [0.3, 0.4) is 0 Å². The quantitative estimate of drug-likeness (QED) is 0.800. The SMILES string of the molecule is CCC1CN(CCOC(C)(C)C)C(CC)CN1. The van der Waals surface area contributed by atoms with Gasteiger partial charge in [-0.2, -0.15) is 0 Å². The van der Waals surface area contributed by atoms with E-state index in [1.54, 1.807) is 0 Å². The minimum Gasteiger partial charge on any atom is -0.375 e. The molecule has 0 saturated carbocycles. The van der Waals surface area contributed by atoms with E-state index in [1.165, 1.54) is 19.4 Å². The first-order chi connectivity index (χ1) is 7.96. The summed E-state index contributed by atoms with van der Waals surface area (Å²) in [7, 11) is 0. The Morgan fingerprint density at radius 1 is 1.24 bits per heavy atom. The zero-order valence-corrected chi connectivity index (χ0v) is 12.3. The molecule has 1 aliphatic heterocycles. The molecule has 0 aromatic heterocycles. The number of piperazine rings is 1. The lowest BCUT2D eigenvalue weighted by atomic mass is 10.1. The van der Waals surface area contributed by atoms with Crippen molar-refractivity contribution in [3.8, 4) is 0 Å². The van der Waals surface area contributed by atoms with E-state index >= 15 is 0 Å². The summed E-state index contributed by atoms with van der Waals surface area (Å²) in [6, 6.07) is 1.34. The summed E-state index contributed by atoms with van der Waals surface area (Å²) in [5, 5.41) is 3.62. The van der Waals surface area contributed by atoms with Gasteiger partial charge in [0.1, 0.15) is 0 Å². The molecule has 0 aromatic carbocycles. The highest BCUT2D eigenvalue weighted by molar-refractivity contribution is 4.84. The molecule has 0 amide bonds. The van der Waals surface area contributed by atoms with Crippen LogP contribution in [0.25, 0.3) is 0 Å². The molecule has 2 unspecified atom stereocenters. The van der Waals surface area contributed by atoms with Crippen molar-refractivity contribution in [1.82, 2.24) is 10.2 Å². The molecule has 0 aromatic rings. The highest BCUT2D eigenvalue weighted by atomic mass is 16.5. The van der Waals surface area contributed by atoms with Gasteiger partial charge in [0.25, 0.3) is 0 Å². The van der Waals surface area contributed by atoms with E-state index in [0.29, 0.717) is 12.1 Å². The Morgan fingerprint density at radius 3 is 2.47 bits per heavy atom. The van der Waals surface area contributed by atoms with Gasteiger partial charge < -0.3 is 10.1 Å². The predicted molar refractivity (Wildman–Crippen MR) is 73.4 cm³/mol. The number of rotatable bonds is 5. The Balaban J connectivity index is 2.36. The molecule has 17 heavy (non-hydrogen) atoms. The molecular weight excluding hydrogens is 212 g/mol. The molecule has 0 radical (unpaired) electrons. The first-order valence-corrected chi connectivity index (χ1v) is 7.07. The number of nitrogens with zero attached hydrogens (tertiary/aromatic N) is 1. The lowest BCUT2D eigenvalue weighted by molar-refractivity contribution is -0.0225. The van der Waals surface area contributed by atoms with Crippen molar-refractivity contribution < 1.29 is 4.74 Å². The molecule has 1 saturated heterocycles. The van der Waals surface area contributed by atoms with Gasteiger partial charge in [-0.3, -0.25) is 4.90 Å². The molecule has 1 aliphatic rings. The fraction of sp³-hybridized carbons (Fsp3) is 1.00. The van der Waals surface area contributed by atoms with E-state index in [0.717, 1.165) is 19.7 Å². The highest BCUT2D eigenvalue weighted by Crippen LogP contribution is 2.13. The third-order valence-electron chi connectivity index (χ3n) is 3.49. The van der Waals surface area contributed by atoms with Crippen molar-refractivity contribution in [3.05, 3.63) is 0 Å². The van der Waals surface area contributed by atoms with Crippen molar-refractivity contribution >= 4 is 0 Å². The predicted octanol–water partition coefficient (Wildman–Crippen LogP) is 2.26. The highest BCUT2D eigenvalue weighted by Gasteiger charge is 2.25. The average Bonchev–Trinajstić information content (AvgIpc) is 2.27. The largest absolute Gasteiger partial charge is 0.375 e. The van der Waals surface area contributed by atoms with E-state index in [1.807, 2.05) is 0 Å². The van der Waals surface area contributed by atoms with Crippen LogP contribution in [0.1, 0.15) is 47.5 Å². The summed E-state index contributed by atoms with van der Waals surface area (Å²) in [5.74, 6) is 0. The van der Waals surface area contributed by atoms with Crippen LogP contribution in [-0.2, 0) is 4.74 Å². The minimum absolute atomic E-state index is 0.0140. The van der Waals surface area contributed by atoms with E-state index < -0.39 is 0 Å². The molecule has 1 N–H and O–H groups in total. The summed E-state index contributed by atoms with van der Waals surface area (Å²) >= 11 is 0. The number of hydrogen-bond acceptors (Lipinski definition) is 3. The molecule has 1 fully saturated rings. The Morgan fingerprint density at radius 2 is 1.94 bits per heavy atom. The standard InChI is InChI=1S/C14H30N2O/c1-6-12-11-16(13(7-2)10-15-12)8-9-17-14(3,4)5/h12-13,15H,6-11H2,1-5H3. The lowest BCUT2D eigenvalue weighted by Gasteiger charge is -2.40. The van der Waals surface area contributed by atoms with Crippen LogP contribution in [-0.4, -0.2) is 48.8 Å². The van der Waals surface area contributed by atoms with Gasteiger partial charge in [0.05, 0.1) is 12.2 Å². The monoisotopic (exact) mass is 242 g/mol. The maximum Gasteiger partial charge on any atom is 0.0600 e. The van der Waals surface area contributed by atoms with E-state index in [9.17, 15) is 0 Å². The Hall–Kier alpha value is -0.120. The fourth-order valence-corrected chi connectivity index (χ4v) is 2.35. The van der Waals surface area contributed by atoms with Crippen LogP contribution in [0, 0.1) is 0 Å². The number of hydrogen-bond donors (Lipinski definition) is 1. The second-order valence-electron chi connectivity index (χ2n) is 6.03. The average molecular weight is 242 g/mol. The molecule has 3 heteroatoms. The summed E-state index contributed by atoms with van der Waals surface area (Å²) in [6.07, 6.45) is 2.44. The molecule has 1 rings (SSSR count). The van der Waals surface area contributed by atoms with Crippen LogP contribution in [0.2, 0.25) is 0 Å². The van der Waals surface area contributed by atoms with Crippen molar-refractivity contribution in [1.29, 1.82) is 0 Å². The summed E-state index contributed by atoms with van der Waals surface area (Å²) < 4.78 is 5.83. The number of nitrogens with one attached hydrogen (secondary N) is 1. The molecule has 0 aliphatic carbocycles. The van der Waals surface area contributed by atoms with E-state index in [2.05, 4.69) is 44.8 Å². The maximum absolute atomic E-state index is 5.83. The van der Waals surface area contributed by atoms with Crippen molar-refractivity contribution in [3.63, 3.8) is 0 Å². The van der Waals surface area contributed by atoms with E-state index in [4.69, 9.17) is 4.74 Å². The Labute approximate surface area is 107 Å². The van der Waals surface area contributed by atoms with Gasteiger partial charge in [0.2, 0.25) is 0 Å². The fourth-order valence-electron chi connectivity index (χ4n) is 2.35. The summed E-state index contributed by atoms with van der Waals surface area (Å²) in [4.78, 5) is 2.59. The van der Waals surface area contributed by atoms with Crippen LogP contribution >= 0.6 is 0 Å². The lowest BCUT2D eigenvalue weighted by Crippen LogP contribution is -2.56. The topological polar surface area (TPSA) is 24.5 Å². The van der Waals surface area contributed by atoms with Crippen molar-refractivity contribution in [2.45, 2.75) is 65.1 Å². The zero-order chi connectivity index (χ0) is 12.9. The molecule has 0 bridgehead atoms. The van der Waals surface area contributed by atoms with Crippen LogP contribution in [0.15, 0.2) is 0 Å². The first-order valence-electron chi connectivity index (χ1n) is 7.07. The molecule has 2 atom stereocenters. The summed E-state index contributed by atoms with van der Waals surface area (Å²) in [5.41, 5.74) is -0.0140. The minimum atomic E-state index is -0.0140. The molecular formula is C14H30N2O.